The number of benzene rings is 10. The zero-order chi connectivity index (χ0) is 54.7. The number of hydrogen-bond acceptors (Lipinski definition) is 4. The van der Waals surface area contributed by atoms with E-state index >= 15 is 0 Å². The van der Waals surface area contributed by atoms with Crippen molar-refractivity contribution in [2.75, 3.05) is 16.5 Å². The molecular formula is C75H64N4O. The molecule has 0 radical (unpaired) electrons. The Morgan fingerprint density at radius 2 is 0.925 bits per heavy atom. The molecule has 80 heavy (non-hydrogen) atoms. The zero-order valence-electron chi connectivity index (χ0n) is 46.6. The van der Waals surface area contributed by atoms with Crippen LogP contribution in [0.2, 0.25) is 0 Å². The molecule has 3 heterocycles. The van der Waals surface area contributed by atoms with Crippen LogP contribution in [0.3, 0.4) is 0 Å². The molecule has 1 aliphatic rings. The Bertz CT molecular complexity index is 4260. The fourth-order valence-corrected chi connectivity index (χ4v) is 11.7. The zero-order valence-corrected chi connectivity index (χ0v) is 46.6. The Labute approximate surface area is 470 Å². The molecule has 0 fully saturated rings. The van der Waals surface area contributed by atoms with Crippen molar-refractivity contribution in [1.29, 1.82) is 0 Å². The minimum Gasteiger partial charge on any atom is -0.457 e. The average Bonchev–Trinajstić information content (AvgIpc) is 4.10. The van der Waals surface area contributed by atoms with Crippen LogP contribution in [-0.4, -0.2) is 16.2 Å². The number of rotatable bonds is 10. The molecule has 10 aromatic carbocycles. The van der Waals surface area contributed by atoms with Crippen molar-refractivity contribution in [2.24, 2.45) is 0 Å². The lowest BCUT2D eigenvalue weighted by Gasteiger charge is -2.28. The lowest BCUT2D eigenvalue weighted by Crippen LogP contribution is -2.25. The fraction of sp³-hybridized carbons (Fsp3) is 0.133. The van der Waals surface area contributed by atoms with Crippen LogP contribution in [0.5, 0.6) is 11.5 Å². The molecule has 2 aromatic heterocycles. The molecule has 5 heteroatoms. The van der Waals surface area contributed by atoms with Crippen LogP contribution in [0.1, 0.15) is 58.2 Å². The molecule has 0 amide bonds. The van der Waals surface area contributed by atoms with Gasteiger partial charge in [0.1, 0.15) is 24.0 Å². The van der Waals surface area contributed by atoms with Crippen molar-refractivity contribution in [1.82, 2.24) is 9.55 Å². The highest BCUT2D eigenvalue weighted by Crippen LogP contribution is 2.51. The number of nitrogens with zero attached hydrogens (tertiary/aromatic N) is 4. The van der Waals surface area contributed by atoms with Crippen molar-refractivity contribution in [3.8, 4) is 73.0 Å². The number of anilines is 4. The highest BCUT2D eigenvalue weighted by atomic mass is 16.5. The molecule has 12 aromatic rings. The summed E-state index contributed by atoms with van der Waals surface area (Å²) in [7, 11) is 0. The molecule has 0 N–H and O–H groups in total. The number of para-hydroxylation sites is 3. The third-order valence-corrected chi connectivity index (χ3v) is 16.0. The van der Waals surface area contributed by atoms with Gasteiger partial charge >= 0.3 is 0 Å². The molecule has 0 saturated heterocycles. The van der Waals surface area contributed by atoms with E-state index in [0.29, 0.717) is 6.67 Å². The predicted molar refractivity (Wildman–Crippen MR) is 336 cm³/mol. The Morgan fingerprint density at radius 3 is 1.57 bits per heavy atom. The number of hydrogen-bond donors (Lipinski definition) is 0. The minimum atomic E-state index is 0.0395. The quantitative estimate of drug-likeness (QED) is 0.137. The highest BCUT2D eigenvalue weighted by Gasteiger charge is 2.32. The van der Waals surface area contributed by atoms with Crippen molar-refractivity contribution in [2.45, 2.75) is 59.3 Å². The van der Waals surface area contributed by atoms with Gasteiger partial charge in [0.15, 0.2) is 0 Å². The molecular weight excluding hydrogens is 973 g/mol. The van der Waals surface area contributed by atoms with Crippen LogP contribution >= 0.6 is 0 Å². The summed E-state index contributed by atoms with van der Waals surface area (Å²) in [6.07, 6.45) is 2.03. The lowest BCUT2D eigenvalue weighted by molar-refractivity contribution is 0.483. The van der Waals surface area contributed by atoms with Gasteiger partial charge < -0.3 is 14.5 Å². The van der Waals surface area contributed by atoms with Gasteiger partial charge in [-0.1, -0.05) is 211 Å². The van der Waals surface area contributed by atoms with Crippen LogP contribution in [0, 0.1) is 6.92 Å². The van der Waals surface area contributed by atoms with Gasteiger partial charge in [-0.15, -0.1) is 0 Å². The molecule has 390 valence electrons. The van der Waals surface area contributed by atoms with E-state index in [0.717, 1.165) is 78.6 Å². The minimum absolute atomic E-state index is 0.0395. The Kier molecular flexibility index (Phi) is 12.6. The van der Waals surface area contributed by atoms with E-state index in [2.05, 4.69) is 305 Å². The first-order valence-electron chi connectivity index (χ1n) is 27.9. The molecule has 13 rings (SSSR count). The topological polar surface area (TPSA) is 33.5 Å². The van der Waals surface area contributed by atoms with Crippen LogP contribution in [0.15, 0.2) is 249 Å². The first kappa shape index (κ1) is 50.1. The van der Waals surface area contributed by atoms with Crippen LogP contribution in [0.4, 0.5) is 22.7 Å². The third-order valence-electron chi connectivity index (χ3n) is 16.0. The molecule has 0 atom stereocenters. The van der Waals surface area contributed by atoms with Gasteiger partial charge in [-0.05, 0) is 134 Å². The predicted octanol–water partition coefficient (Wildman–Crippen LogP) is 20.5. The first-order valence-corrected chi connectivity index (χ1v) is 27.9. The number of fused-ring (bicyclic) bond motifs is 4. The van der Waals surface area contributed by atoms with Crippen LogP contribution in [-0.2, 0) is 10.8 Å². The first-order chi connectivity index (χ1) is 38.8. The van der Waals surface area contributed by atoms with Crippen LogP contribution < -0.4 is 14.5 Å². The SMILES string of the molecule is Cc1cc(-n2c3ccc(-c4ccccc4)cc3c3ccc(Oc4cccc(N5CN(c6c(-c7ccc(C(C)(C)C)cc7)cccc6-c6cccc(-c7ccccc7)c6)c6ccccc65)c4)cc32)ncc1-c1ccc(C(C)(C)C)cc1. The Balaban J connectivity index is 0.876. The number of aromatic nitrogens is 2. The van der Waals surface area contributed by atoms with Gasteiger partial charge in [0.25, 0.3) is 0 Å². The van der Waals surface area contributed by atoms with Gasteiger partial charge in [-0.25, -0.2) is 4.98 Å². The monoisotopic (exact) mass is 1040 g/mol. The van der Waals surface area contributed by atoms with E-state index in [1.54, 1.807) is 0 Å². The van der Waals surface area contributed by atoms with E-state index in [9.17, 15) is 0 Å². The van der Waals surface area contributed by atoms with Gasteiger partial charge in [0, 0.05) is 51.5 Å². The lowest BCUT2D eigenvalue weighted by atomic mass is 9.85. The molecule has 0 bridgehead atoms. The molecule has 0 saturated carbocycles. The average molecular weight is 1040 g/mol. The Morgan fingerprint density at radius 1 is 0.388 bits per heavy atom. The number of ether oxygens (including phenoxy) is 1. The van der Waals surface area contributed by atoms with E-state index in [1.807, 2.05) is 6.20 Å². The smallest absolute Gasteiger partial charge is 0.137 e. The van der Waals surface area contributed by atoms with Crippen LogP contribution in [0.25, 0.3) is 83.3 Å². The summed E-state index contributed by atoms with van der Waals surface area (Å²) in [5.41, 5.74) is 22.2. The van der Waals surface area contributed by atoms with Crippen molar-refractivity contribution in [3.05, 3.63) is 266 Å². The largest absolute Gasteiger partial charge is 0.457 e. The summed E-state index contributed by atoms with van der Waals surface area (Å²) in [6.45, 7) is 16.4. The summed E-state index contributed by atoms with van der Waals surface area (Å²) in [5, 5.41) is 2.29. The summed E-state index contributed by atoms with van der Waals surface area (Å²) in [6, 6.07) is 87.9. The van der Waals surface area contributed by atoms with E-state index in [-0.39, 0.29) is 10.8 Å². The van der Waals surface area contributed by atoms with Gasteiger partial charge in [-0.3, -0.25) is 4.57 Å². The number of aryl methyl sites for hydroxylation is 1. The van der Waals surface area contributed by atoms with Crippen molar-refractivity contribution >= 4 is 44.6 Å². The summed E-state index contributed by atoms with van der Waals surface area (Å²) in [4.78, 5) is 10.1. The standard InChI is InChI=1S/C75H64N4O/c1-50-43-72(76-48-67(50)54-33-38-59(39-34-54)75(5,6)7)79-68-42-35-56(52-21-12-9-13-22-52)45-66(68)65-41-40-62(47-71(65)79)80-61-26-17-25-60(46-61)77-49-78(70-30-15-14-29-69(70)77)73-63(53-31-36-58(37-32-53)74(2,3)4)27-18-28-64(73)57-24-16-23-55(44-57)51-19-10-8-11-20-51/h8-48H,49H2,1-7H3. The maximum Gasteiger partial charge on any atom is 0.137 e. The van der Waals surface area contributed by atoms with E-state index < -0.39 is 0 Å². The summed E-state index contributed by atoms with van der Waals surface area (Å²) in [5.74, 6) is 2.35. The maximum atomic E-state index is 6.96. The Hall–Kier alpha value is -9.45. The second-order valence-electron chi connectivity index (χ2n) is 23.4. The third kappa shape index (κ3) is 9.39. The number of pyridine rings is 1. The van der Waals surface area contributed by atoms with Gasteiger partial charge in [0.2, 0.25) is 0 Å². The van der Waals surface area contributed by atoms with Gasteiger partial charge in [-0.2, -0.15) is 0 Å². The second kappa shape index (κ2) is 20.1. The molecule has 0 spiro atoms. The second-order valence-corrected chi connectivity index (χ2v) is 23.4. The molecule has 5 nitrogen and oxygen atoms in total. The molecule has 0 aliphatic carbocycles. The molecule has 0 unspecified atom stereocenters. The summed E-state index contributed by atoms with van der Waals surface area (Å²) < 4.78 is 9.25. The molecule has 1 aliphatic heterocycles. The van der Waals surface area contributed by atoms with Crippen molar-refractivity contribution in [3.63, 3.8) is 0 Å². The fourth-order valence-electron chi connectivity index (χ4n) is 11.7. The van der Waals surface area contributed by atoms with Crippen molar-refractivity contribution < 1.29 is 4.74 Å². The normalized spacial score (nSPS) is 12.6. The van der Waals surface area contributed by atoms with Gasteiger partial charge in [0.05, 0.1) is 28.1 Å². The maximum absolute atomic E-state index is 6.96. The highest BCUT2D eigenvalue weighted by molar-refractivity contribution is 6.11. The van der Waals surface area contributed by atoms with E-state index in [4.69, 9.17) is 9.72 Å². The summed E-state index contributed by atoms with van der Waals surface area (Å²) >= 11 is 0. The van der Waals surface area contributed by atoms with E-state index in [1.165, 1.54) is 55.6 Å².